The molecule has 1 rings (SSSR count). The summed E-state index contributed by atoms with van der Waals surface area (Å²) >= 11 is 6.07. The molecule has 0 aliphatic rings. The number of amides is 1. The third-order valence-electron chi connectivity index (χ3n) is 2.37. The van der Waals surface area contributed by atoms with Gasteiger partial charge >= 0.3 is 0 Å². The molecule has 5 heteroatoms. The fourth-order valence-electron chi connectivity index (χ4n) is 1.34. The van der Waals surface area contributed by atoms with Crippen molar-refractivity contribution in [3.63, 3.8) is 0 Å². The normalized spacial score (nSPS) is 12.0. The first-order valence-corrected chi connectivity index (χ1v) is 5.78. The van der Waals surface area contributed by atoms with E-state index in [0.717, 1.165) is 11.3 Å². The van der Waals surface area contributed by atoms with Gasteiger partial charge in [0.25, 0.3) is 0 Å². The predicted molar refractivity (Wildman–Crippen MR) is 68.4 cm³/mol. The molecular weight excluding hydrogens is 240 g/mol. The first-order valence-electron chi connectivity index (χ1n) is 5.40. The average molecular weight is 257 g/mol. The van der Waals surface area contributed by atoms with Crippen LogP contribution in [0, 0.1) is 0 Å². The lowest BCUT2D eigenvalue weighted by atomic mass is 10.1. The molecule has 0 spiro atoms. The van der Waals surface area contributed by atoms with Gasteiger partial charge in [0.1, 0.15) is 5.75 Å². The van der Waals surface area contributed by atoms with Gasteiger partial charge in [-0.05, 0) is 31.0 Å². The van der Waals surface area contributed by atoms with Gasteiger partial charge in [0.05, 0.1) is 13.2 Å². The summed E-state index contributed by atoms with van der Waals surface area (Å²) in [4.78, 5) is 11.2. The second-order valence-electron chi connectivity index (χ2n) is 3.79. The highest BCUT2D eigenvalue weighted by molar-refractivity contribution is 6.31. The lowest BCUT2D eigenvalue weighted by Crippen LogP contribution is -2.39. The van der Waals surface area contributed by atoms with Crippen molar-refractivity contribution in [2.75, 3.05) is 13.7 Å². The van der Waals surface area contributed by atoms with Crippen molar-refractivity contribution in [3.8, 4) is 5.75 Å². The Morgan fingerprint density at radius 2 is 2.29 bits per heavy atom. The minimum absolute atomic E-state index is 0.158. The van der Waals surface area contributed by atoms with Gasteiger partial charge in [-0.25, -0.2) is 0 Å². The lowest BCUT2D eigenvalue weighted by molar-refractivity contribution is -0.121. The Hall–Kier alpha value is -1.26. The van der Waals surface area contributed by atoms with Gasteiger partial charge in [0, 0.05) is 11.6 Å². The van der Waals surface area contributed by atoms with Crippen molar-refractivity contribution in [1.29, 1.82) is 0 Å². The fraction of sp³-hybridized carbons (Fsp3) is 0.417. The Labute approximate surface area is 106 Å². The number of carbonyl (C=O) groups is 1. The first-order chi connectivity index (χ1) is 8.04. The van der Waals surface area contributed by atoms with E-state index in [4.69, 9.17) is 22.1 Å². The molecule has 1 aromatic rings. The van der Waals surface area contributed by atoms with E-state index in [9.17, 15) is 4.79 Å². The summed E-state index contributed by atoms with van der Waals surface area (Å²) in [6, 6.07) is 5.00. The summed E-state index contributed by atoms with van der Waals surface area (Å²) in [5, 5.41) is 3.37. The zero-order valence-electron chi connectivity index (χ0n) is 10.00. The minimum atomic E-state index is -0.485. The molecule has 1 aromatic carbocycles. The largest absolute Gasteiger partial charge is 0.497 e. The highest BCUT2D eigenvalue weighted by Crippen LogP contribution is 2.22. The average Bonchev–Trinajstić information content (AvgIpc) is 2.30. The van der Waals surface area contributed by atoms with Gasteiger partial charge in [0.15, 0.2) is 0 Å². The lowest BCUT2D eigenvalue weighted by Gasteiger charge is -2.09. The molecule has 0 saturated heterocycles. The van der Waals surface area contributed by atoms with E-state index in [0.29, 0.717) is 18.0 Å². The monoisotopic (exact) mass is 256 g/mol. The van der Waals surface area contributed by atoms with Gasteiger partial charge in [-0.15, -0.1) is 0 Å². The second kappa shape index (κ2) is 6.47. The molecule has 3 N–H and O–H groups in total. The minimum Gasteiger partial charge on any atom is -0.497 e. The Morgan fingerprint density at radius 1 is 1.59 bits per heavy atom. The van der Waals surface area contributed by atoms with Crippen LogP contribution >= 0.6 is 11.6 Å². The van der Waals surface area contributed by atoms with Crippen LogP contribution < -0.4 is 15.8 Å². The third-order valence-corrected chi connectivity index (χ3v) is 2.72. The summed E-state index contributed by atoms with van der Waals surface area (Å²) in [6.07, 6.45) is 0.668. The van der Waals surface area contributed by atoms with E-state index >= 15 is 0 Å². The summed E-state index contributed by atoms with van der Waals surface area (Å²) in [6.45, 7) is 2.17. The fourth-order valence-corrected chi connectivity index (χ4v) is 1.60. The van der Waals surface area contributed by atoms with Crippen LogP contribution in [0.2, 0.25) is 5.02 Å². The topological polar surface area (TPSA) is 64.3 Å². The molecule has 0 saturated carbocycles. The van der Waals surface area contributed by atoms with Crippen molar-refractivity contribution in [2.45, 2.75) is 19.4 Å². The van der Waals surface area contributed by atoms with Crippen LogP contribution in [-0.2, 0) is 11.2 Å². The van der Waals surface area contributed by atoms with Crippen LogP contribution in [0.15, 0.2) is 18.2 Å². The van der Waals surface area contributed by atoms with E-state index in [2.05, 4.69) is 5.32 Å². The van der Waals surface area contributed by atoms with Crippen molar-refractivity contribution in [2.24, 2.45) is 5.73 Å². The number of rotatable bonds is 5. The van der Waals surface area contributed by atoms with Crippen molar-refractivity contribution in [1.82, 2.24) is 5.32 Å². The summed E-state index contributed by atoms with van der Waals surface area (Å²) in [7, 11) is 1.59. The molecule has 0 heterocycles. The van der Waals surface area contributed by atoms with Crippen molar-refractivity contribution in [3.05, 3.63) is 28.8 Å². The van der Waals surface area contributed by atoms with E-state index in [-0.39, 0.29) is 5.91 Å². The third kappa shape index (κ3) is 4.24. The van der Waals surface area contributed by atoms with Crippen LogP contribution in [0.5, 0.6) is 5.75 Å². The number of ether oxygens (including phenoxy) is 1. The molecule has 4 nitrogen and oxygen atoms in total. The predicted octanol–water partition coefficient (Wildman–Crippen LogP) is 1.35. The first kappa shape index (κ1) is 13.8. The van der Waals surface area contributed by atoms with E-state index in [1.165, 1.54) is 0 Å². The Morgan fingerprint density at radius 3 is 2.82 bits per heavy atom. The molecule has 94 valence electrons. The Kier molecular flexibility index (Phi) is 5.25. The van der Waals surface area contributed by atoms with E-state index in [1.54, 1.807) is 20.1 Å². The number of nitrogens with two attached hydrogens (primary N) is 1. The Balaban J connectivity index is 2.50. The second-order valence-corrected chi connectivity index (χ2v) is 4.19. The van der Waals surface area contributed by atoms with Gasteiger partial charge in [-0.2, -0.15) is 0 Å². The molecular formula is C12H17ClN2O2. The number of benzene rings is 1. The smallest absolute Gasteiger partial charge is 0.236 e. The summed E-state index contributed by atoms with van der Waals surface area (Å²) in [5.74, 6) is 0.563. The van der Waals surface area contributed by atoms with Crippen molar-refractivity contribution < 1.29 is 9.53 Å². The van der Waals surface area contributed by atoms with Crippen LogP contribution in [0.3, 0.4) is 0 Å². The van der Waals surface area contributed by atoms with Crippen LogP contribution in [0.4, 0.5) is 0 Å². The zero-order chi connectivity index (χ0) is 12.8. The maximum absolute atomic E-state index is 11.2. The molecule has 1 atom stereocenters. The molecule has 0 aliphatic carbocycles. The number of hydrogen-bond acceptors (Lipinski definition) is 3. The van der Waals surface area contributed by atoms with Crippen LogP contribution in [0.25, 0.3) is 0 Å². The highest BCUT2D eigenvalue weighted by atomic mass is 35.5. The van der Waals surface area contributed by atoms with Crippen LogP contribution in [0.1, 0.15) is 12.5 Å². The number of carbonyl (C=O) groups excluding carboxylic acids is 1. The zero-order valence-corrected chi connectivity index (χ0v) is 10.8. The molecule has 0 aromatic heterocycles. The summed E-state index contributed by atoms with van der Waals surface area (Å²) < 4.78 is 5.05. The Bertz CT molecular complexity index is 394. The molecule has 0 fully saturated rings. The number of halogens is 1. The van der Waals surface area contributed by atoms with Gasteiger partial charge in [-0.3, -0.25) is 4.79 Å². The molecule has 17 heavy (non-hydrogen) atoms. The van der Waals surface area contributed by atoms with Gasteiger partial charge in [-0.1, -0.05) is 17.7 Å². The highest BCUT2D eigenvalue weighted by Gasteiger charge is 2.07. The van der Waals surface area contributed by atoms with Gasteiger partial charge < -0.3 is 15.8 Å². The van der Waals surface area contributed by atoms with Crippen molar-refractivity contribution >= 4 is 17.5 Å². The maximum Gasteiger partial charge on any atom is 0.236 e. The molecule has 0 bridgehead atoms. The molecule has 1 amide bonds. The molecule has 0 radical (unpaired) electrons. The number of methoxy groups -OCH3 is 1. The SMILES string of the molecule is COc1ccc(CCNC(=O)C(C)N)c(Cl)c1. The van der Waals surface area contributed by atoms with E-state index in [1.807, 2.05) is 12.1 Å². The quantitative estimate of drug-likeness (QED) is 0.836. The van der Waals surface area contributed by atoms with Gasteiger partial charge in [0.2, 0.25) is 5.91 Å². The molecule has 1 unspecified atom stereocenters. The number of hydrogen-bond donors (Lipinski definition) is 2. The van der Waals surface area contributed by atoms with Crippen LogP contribution in [-0.4, -0.2) is 25.6 Å². The number of nitrogens with one attached hydrogen (secondary N) is 1. The molecule has 0 aliphatic heterocycles. The summed E-state index contributed by atoms with van der Waals surface area (Å²) in [5.41, 5.74) is 6.40. The van der Waals surface area contributed by atoms with E-state index < -0.39 is 6.04 Å². The standard InChI is InChI=1S/C12H17ClN2O2/c1-8(14)12(16)15-6-5-9-3-4-10(17-2)7-11(9)13/h3-4,7-8H,5-6,14H2,1-2H3,(H,15,16). The maximum atomic E-state index is 11.2.